The minimum Gasteiger partial charge on any atom is -0.481 e. The molecular weight excluding hydrogens is 384 g/mol. The maximum atomic E-state index is 9.37. The Labute approximate surface area is 183 Å². The van der Waals surface area contributed by atoms with Gasteiger partial charge in [-0.15, -0.1) is 0 Å². The lowest BCUT2D eigenvalue weighted by Crippen LogP contribution is -2.04. The SMILES string of the molecule is CCC(=O)O.Cc1ccccc1CC(=N)c1cn(Cc2ccccc2)c2ccccc12. The molecule has 0 spiro atoms. The van der Waals surface area contributed by atoms with E-state index in [0.717, 1.165) is 17.5 Å². The largest absolute Gasteiger partial charge is 0.481 e. The van der Waals surface area contributed by atoms with E-state index in [1.54, 1.807) is 6.92 Å². The third kappa shape index (κ3) is 5.70. The van der Waals surface area contributed by atoms with E-state index in [0.29, 0.717) is 12.1 Å². The van der Waals surface area contributed by atoms with Crippen LogP contribution in [-0.4, -0.2) is 21.4 Å². The van der Waals surface area contributed by atoms with Gasteiger partial charge in [0.05, 0.1) is 0 Å². The third-order valence-electron chi connectivity index (χ3n) is 5.24. The number of carboxylic acids is 1. The number of hydrogen-bond donors (Lipinski definition) is 2. The van der Waals surface area contributed by atoms with Gasteiger partial charge in [0.2, 0.25) is 0 Å². The number of hydrogen-bond acceptors (Lipinski definition) is 2. The molecule has 3 aromatic carbocycles. The van der Waals surface area contributed by atoms with Crippen molar-refractivity contribution in [3.8, 4) is 0 Å². The Balaban J connectivity index is 0.000000491. The van der Waals surface area contributed by atoms with Gasteiger partial charge in [0.25, 0.3) is 0 Å². The molecule has 1 aromatic heterocycles. The fourth-order valence-electron chi connectivity index (χ4n) is 3.49. The number of aromatic nitrogens is 1. The van der Waals surface area contributed by atoms with Gasteiger partial charge in [-0.05, 0) is 29.7 Å². The summed E-state index contributed by atoms with van der Waals surface area (Å²) < 4.78 is 2.26. The zero-order valence-corrected chi connectivity index (χ0v) is 18.0. The van der Waals surface area contributed by atoms with Crippen molar-refractivity contribution in [1.82, 2.24) is 4.57 Å². The number of nitrogens with zero attached hydrogens (tertiary/aromatic N) is 1. The molecule has 0 saturated heterocycles. The minimum atomic E-state index is -0.745. The van der Waals surface area contributed by atoms with Crippen molar-refractivity contribution in [2.75, 3.05) is 0 Å². The van der Waals surface area contributed by atoms with Crippen molar-refractivity contribution in [3.63, 3.8) is 0 Å². The van der Waals surface area contributed by atoms with Crippen LogP contribution in [0.3, 0.4) is 0 Å². The summed E-state index contributed by atoms with van der Waals surface area (Å²) in [4.78, 5) is 9.37. The molecule has 4 heteroatoms. The number of aliphatic carboxylic acids is 1. The summed E-state index contributed by atoms with van der Waals surface area (Å²) in [5, 5.41) is 17.6. The smallest absolute Gasteiger partial charge is 0.303 e. The highest BCUT2D eigenvalue weighted by molar-refractivity contribution is 6.10. The first-order valence-electron chi connectivity index (χ1n) is 10.5. The first kappa shape index (κ1) is 22.0. The van der Waals surface area contributed by atoms with Crippen LogP contribution < -0.4 is 0 Å². The summed E-state index contributed by atoms with van der Waals surface area (Å²) in [6, 6.07) is 27.2. The van der Waals surface area contributed by atoms with Crippen LogP contribution in [-0.2, 0) is 17.8 Å². The second-order valence-corrected chi connectivity index (χ2v) is 7.50. The van der Waals surface area contributed by atoms with Crippen LogP contribution in [0.5, 0.6) is 0 Å². The number of para-hydroxylation sites is 1. The fraction of sp³-hybridized carbons (Fsp3) is 0.185. The van der Waals surface area contributed by atoms with Crippen molar-refractivity contribution in [2.45, 2.75) is 33.2 Å². The van der Waals surface area contributed by atoms with E-state index in [1.165, 1.54) is 22.2 Å². The highest BCUT2D eigenvalue weighted by atomic mass is 16.4. The molecule has 4 aromatic rings. The van der Waals surface area contributed by atoms with Crippen LogP contribution >= 0.6 is 0 Å². The number of nitrogens with one attached hydrogen (secondary N) is 1. The van der Waals surface area contributed by atoms with Gasteiger partial charge in [-0.25, -0.2) is 0 Å². The highest BCUT2D eigenvalue weighted by Gasteiger charge is 2.13. The molecule has 0 aliphatic heterocycles. The second-order valence-electron chi connectivity index (χ2n) is 7.50. The maximum Gasteiger partial charge on any atom is 0.303 e. The Hall–Kier alpha value is -3.66. The maximum absolute atomic E-state index is 9.37. The number of carboxylic acid groups (broad SMARTS) is 1. The molecule has 0 bridgehead atoms. The van der Waals surface area contributed by atoms with Gasteiger partial charge in [-0.2, -0.15) is 0 Å². The van der Waals surface area contributed by atoms with Gasteiger partial charge >= 0.3 is 5.97 Å². The molecule has 0 saturated carbocycles. The van der Waals surface area contributed by atoms with E-state index in [9.17, 15) is 4.79 Å². The third-order valence-corrected chi connectivity index (χ3v) is 5.24. The molecule has 0 unspecified atom stereocenters. The summed E-state index contributed by atoms with van der Waals surface area (Å²) in [5.74, 6) is -0.745. The Bertz CT molecular complexity index is 1180. The number of rotatable bonds is 6. The minimum absolute atomic E-state index is 0.222. The quantitative estimate of drug-likeness (QED) is 0.376. The molecule has 1 heterocycles. The van der Waals surface area contributed by atoms with Crippen molar-refractivity contribution in [1.29, 1.82) is 5.41 Å². The predicted molar refractivity (Wildman–Crippen MR) is 127 cm³/mol. The summed E-state index contributed by atoms with van der Waals surface area (Å²) >= 11 is 0. The molecule has 4 rings (SSSR count). The highest BCUT2D eigenvalue weighted by Crippen LogP contribution is 2.24. The van der Waals surface area contributed by atoms with Gasteiger partial charge in [0.15, 0.2) is 0 Å². The van der Waals surface area contributed by atoms with Gasteiger partial charge in [-0.1, -0.05) is 79.7 Å². The molecule has 0 aliphatic rings. The van der Waals surface area contributed by atoms with E-state index in [1.807, 2.05) is 18.2 Å². The Kier molecular flexibility index (Phi) is 7.39. The summed E-state index contributed by atoms with van der Waals surface area (Å²) in [7, 11) is 0. The zero-order valence-electron chi connectivity index (χ0n) is 18.0. The molecule has 0 atom stereocenters. The first-order chi connectivity index (χ1) is 15.0. The topological polar surface area (TPSA) is 66.1 Å². The van der Waals surface area contributed by atoms with E-state index in [-0.39, 0.29) is 6.42 Å². The van der Waals surface area contributed by atoms with Crippen LogP contribution in [0.1, 0.15) is 35.6 Å². The Morgan fingerprint density at radius 2 is 1.55 bits per heavy atom. The zero-order chi connectivity index (χ0) is 22.2. The van der Waals surface area contributed by atoms with Crippen LogP contribution in [0.4, 0.5) is 0 Å². The average molecular weight is 413 g/mol. The second kappa shape index (κ2) is 10.4. The molecule has 31 heavy (non-hydrogen) atoms. The fourth-order valence-corrected chi connectivity index (χ4v) is 3.49. The van der Waals surface area contributed by atoms with Crippen LogP contribution in [0.25, 0.3) is 10.9 Å². The van der Waals surface area contributed by atoms with Crippen molar-refractivity contribution in [3.05, 3.63) is 107 Å². The molecule has 0 aliphatic carbocycles. The number of carbonyl (C=O) groups is 1. The summed E-state index contributed by atoms with van der Waals surface area (Å²) in [6.07, 6.45) is 3.02. The molecule has 4 nitrogen and oxygen atoms in total. The summed E-state index contributed by atoms with van der Waals surface area (Å²) in [5.41, 5.74) is 6.61. The molecule has 158 valence electrons. The van der Waals surface area contributed by atoms with Crippen molar-refractivity contribution >= 4 is 22.6 Å². The molecule has 0 fully saturated rings. The lowest BCUT2D eigenvalue weighted by Gasteiger charge is -2.06. The van der Waals surface area contributed by atoms with E-state index >= 15 is 0 Å². The van der Waals surface area contributed by atoms with Gasteiger partial charge in [0.1, 0.15) is 0 Å². The standard InChI is InChI=1S/C24H22N2.C3H6O2/c1-18-9-5-6-12-20(18)15-23(25)22-17-26(16-19-10-3-2-4-11-19)24-14-8-7-13-21(22)24;1-2-3(4)5/h2-14,17,25H,15-16H2,1H3;2H2,1H3,(H,4,5). The van der Waals surface area contributed by atoms with E-state index < -0.39 is 5.97 Å². The van der Waals surface area contributed by atoms with Crippen LogP contribution in [0.2, 0.25) is 0 Å². The molecule has 0 radical (unpaired) electrons. The number of benzene rings is 3. The molecular formula is C27H28N2O2. The summed E-state index contributed by atoms with van der Waals surface area (Å²) in [6.45, 7) is 4.53. The van der Waals surface area contributed by atoms with Crippen LogP contribution in [0.15, 0.2) is 85.1 Å². The Morgan fingerprint density at radius 3 is 2.23 bits per heavy atom. The first-order valence-corrected chi connectivity index (χ1v) is 10.5. The van der Waals surface area contributed by atoms with E-state index in [2.05, 4.69) is 78.4 Å². The van der Waals surface area contributed by atoms with E-state index in [4.69, 9.17) is 10.5 Å². The lowest BCUT2D eigenvalue weighted by molar-refractivity contribution is -0.136. The lowest BCUT2D eigenvalue weighted by atomic mass is 9.99. The number of fused-ring (bicyclic) bond motifs is 1. The Morgan fingerprint density at radius 1 is 0.935 bits per heavy atom. The van der Waals surface area contributed by atoms with Crippen LogP contribution in [0, 0.1) is 12.3 Å². The predicted octanol–water partition coefficient (Wildman–Crippen LogP) is 6.09. The van der Waals surface area contributed by atoms with Gasteiger partial charge in [-0.3, -0.25) is 4.79 Å². The molecule has 0 amide bonds. The molecule has 2 N–H and O–H groups in total. The van der Waals surface area contributed by atoms with Gasteiger partial charge < -0.3 is 15.1 Å². The van der Waals surface area contributed by atoms with Gasteiger partial charge in [0, 0.05) is 47.8 Å². The van der Waals surface area contributed by atoms with Crippen molar-refractivity contribution < 1.29 is 9.90 Å². The monoisotopic (exact) mass is 412 g/mol. The normalized spacial score (nSPS) is 10.4. The number of aryl methyl sites for hydroxylation is 1. The van der Waals surface area contributed by atoms with Crippen molar-refractivity contribution in [2.24, 2.45) is 0 Å². The average Bonchev–Trinajstić information content (AvgIpc) is 3.15.